The number of para-hydroxylation sites is 1. The van der Waals surface area contributed by atoms with Crippen LogP contribution in [0.1, 0.15) is 75.4 Å². The lowest BCUT2D eigenvalue weighted by molar-refractivity contribution is -0.0179. The molecule has 0 unspecified atom stereocenters. The van der Waals surface area contributed by atoms with E-state index in [0.29, 0.717) is 31.7 Å². The first-order valence-corrected chi connectivity index (χ1v) is 13.0. The predicted octanol–water partition coefficient (Wildman–Crippen LogP) is 6.26. The van der Waals surface area contributed by atoms with Gasteiger partial charge in [-0.15, -0.1) is 0 Å². The summed E-state index contributed by atoms with van der Waals surface area (Å²) < 4.78 is 12.2. The van der Waals surface area contributed by atoms with Gasteiger partial charge in [0.1, 0.15) is 17.0 Å². The predicted molar refractivity (Wildman–Crippen MR) is 143 cm³/mol. The smallest absolute Gasteiger partial charge is 0.410 e. The molecule has 2 aliphatic heterocycles. The number of fused-ring (bicyclic) bond motifs is 1. The Labute approximate surface area is 214 Å². The molecule has 1 saturated heterocycles. The third kappa shape index (κ3) is 5.75. The van der Waals surface area contributed by atoms with E-state index in [4.69, 9.17) is 9.47 Å². The fourth-order valence-corrected chi connectivity index (χ4v) is 4.98. The van der Waals surface area contributed by atoms with Crippen LogP contribution in [-0.2, 0) is 4.74 Å². The van der Waals surface area contributed by atoms with Gasteiger partial charge in [-0.05, 0) is 64.0 Å². The van der Waals surface area contributed by atoms with Crippen LogP contribution < -0.4 is 4.74 Å². The number of hydrogen-bond donors (Lipinski definition) is 0. The van der Waals surface area contributed by atoms with Gasteiger partial charge in [-0.3, -0.25) is 4.79 Å². The molecule has 1 fully saturated rings. The van der Waals surface area contributed by atoms with Crippen molar-refractivity contribution in [3.05, 3.63) is 65.2 Å². The minimum Gasteiger partial charge on any atom is -0.486 e. The molecular weight excluding hydrogens is 452 g/mol. The van der Waals surface area contributed by atoms with E-state index in [-0.39, 0.29) is 17.6 Å². The first-order chi connectivity index (χ1) is 17.1. The molecule has 2 aromatic rings. The number of amides is 2. The first-order valence-electron chi connectivity index (χ1n) is 13.0. The molecule has 192 valence electrons. The lowest BCUT2D eigenvalue weighted by atomic mass is 9.80. The van der Waals surface area contributed by atoms with Crippen LogP contribution in [0.25, 0.3) is 11.6 Å². The maximum Gasteiger partial charge on any atom is 0.410 e. The van der Waals surface area contributed by atoms with Crippen LogP contribution >= 0.6 is 0 Å². The van der Waals surface area contributed by atoms with Crippen molar-refractivity contribution in [2.45, 2.75) is 65.1 Å². The number of hydrogen-bond acceptors (Lipinski definition) is 4. The van der Waals surface area contributed by atoms with Crippen LogP contribution in [0.2, 0.25) is 0 Å². The Morgan fingerprint density at radius 1 is 1.03 bits per heavy atom. The van der Waals surface area contributed by atoms with Crippen LogP contribution in [0.3, 0.4) is 0 Å². The summed E-state index contributed by atoms with van der Waals surface area (Å²) >= 11 is 0. The third-order valence-corrected chi connectivity index (χ3v) is 6.95. The van der Waals surface area contributed by atoms with Gasteiger partial charge in [0.25, 0.3) is 5.91 Å². The molecule has 0 saturated carbocycles. The van der Waals surface area contributed by atoms with Gasteiger partial charge in [0.2, 0.25) is 0 Å². The van der Waals surface area contributed by atoms with Crippen molar-refractivity contribution < 1.29 is 19.1 Å². The Hall–Kier alpha value is -3.28. The maximum absolute atomic E-state index is 12.7. The third-order valence-electron chi connectivity index (χ3n) is 6.95. The van der Waals surface area contributed by atoms with E-state index >= 15 is 0 Å². The van der Waals surface area contributed by atoms with Crippen molar-refractivity contribution in [1.29, 1.82) is 0 Å². The molecule has 6 heteroatoms. The summed E-state index contributed by atoms with van der Waals surface area (Å²) in [6.45, 7) is 12.3. The van der Waals surface area contributed by atoms with Gasteiger partial charge in [-0.1, -0.05) is 36.4 Å². The Balaban J connectivity index is 1.54. The fraction of sp³-hybridized carbons (Fsp3) is 0.467. The first kappa shape index (κ1) is 25.8. The van der Waals surface area contributed by atoms with Crippen LogP contribution in [0, 0.1) is 0 Å². The van der Waals surface area contributed by atoms with Gasteiger partial charge in [0.05, 0.1) is 0 Å². The summed E-state index contributed by atoms with van der Waals surface area (Å²) in [6.07, 6.45) is 4.20. The highest BCUT2D eigenvalue weighted by molar-refractivity contribution is 5.94. The molecule has 0 radical (unpaired) electrons. The summed E-state index contributed by atoms with van der Waals surface area (Å²) in [6, 6.07) is 16.0. The summed E-state index contributed by atoms with van der Waals surface area (Å²) in [4.78, 5) is 28.9. The van der Waals surface area contributed by atoms with Crippen molar-refractivity contribution >= 4 is 23.6 Å². The molecule has 2 aromatic carbocycles. The maximum atomic E-state index is 12.7. The topological polar surface area (TPSA) is 59.1 Å². The van der Waals surface area contributed by atoms with Crippen molar-refractivity contribution in [3.8, 4) is 5.75 Å². The Kier molecular flexibility index (Phi) is 7.43. The quantitative estimate of drug-likeness (QED) is 0.507. The highest BCUT2D eigenvalue weighted by Gasteiger charge is 2.42. The molecule has 2 amide bonds. The lowest BCUT2D eigenvalue weighted by Crippen LogP contribution is -2.51. The second-order valence-electron chi connectivity index (χ2n) is 10.7. The Morgan fingerprint density at radius 3 is 2.28 bits per heavy atom. The second kappa shape index (κ2) is 10.4. The SMILES string of the molecule is CCN(CC)C(=O)c1ccc(/C=C2\CC3(CCN(C(=O)OC(C)(C)C)CC3)Oc3ccccc32)cc1. The van der Waals surface area contributed by atoms with Crippen molar-refractivity contribution in [2.24, 2.45) is 0 Å². The average molecular weight is 491 g/mol. The molecule has 0 bridgehead atoms. The minimum absolute atomic E-state index is 0.0614. The normalized spacial score (nSPS) is 17.9. The number of carbonyl (C=O) groups excluding carboxylic acids is 2. The number of rotatable bonds is 4. The summed E-state index contributed by atoms with van der Waals surface area (Å²) in [5.41, 5.74) is 3.22. The van der Waals surface area contributed by atoms with Crippen LogP contribution in [0.15, 0.2) is 48.5 Å². The van der Waals surface area contributed by atoms with Gasteiger partial charge in [-0.2, -0.15) is 0 Å². The zero-order chi connectivity index (χ0) is 25.9. The zero-order valence-corrected chi connectivity index (χ0v) is 22.2. The molecule has 0 aliphatic carbocycles. The number of benzene rings is 2. The lowest BCUT2D eigenvalue weighted by Gasteiger charge is -2.45. The molecular formula is C30H38N2O4. The van der Waals surface area contributed by atoms with E-state index < -0.39 is 5.60 Å². The van der Waals surface area contributed by atoms with Gasteiger partial charge in [0, 0.05) is 56.6 Å². The molecule has 0 atom stereocenters. The van der Waals surface area contributed by atoms with Crippen molar-refractivity contribution in [1.82, 2.24) is 9.80 Å². The average Bonchev–Trinajstić information content (AvgIpc) is 2.84. The second-order valence-corrected chi connectivity index (χ2v) is 10.7. The van der Waals surface area contributed by atoms with Gasteiger partial charge >= 0.3 is 6.09 Å². The Morgan fingerprint density at radius 2 is 1.67 bits per heavy atom. The highest BCUT2D eigenvalue weighted by Crippen LogP contribution is 2.45. The van der Waals surface area contributed by atoms with Crippen LogP contribution in [0.4, 0.5) is 4.79 Å². The number of ether oxygens (including phenoxy) is 2. The summed E-state index contributed by atoms with van der Waals surface area (Å²) in [5, 5.41) is 0. The molecule has 36 heavy (non-hydrogen) atoms. The van der Waals surface area contributed by atoms with Gasteiger partial charge in [0.15, 0.2) is 0 Å². The van der Waals surface area contributed by atoms with E-state index in [1.807, 2.05) is 82.0 Å². The fourth-order valence-electron chi connectivity index (χ4n) is 4.98. The van der Waals surface area contributed by atoms with E-state index in [0.717, 1.165) is 36.1 Å². The number of piperidine rings is 1. The molecule has 4 rings (SSSR count). The zero-order valence-electron chi connectivity index (χ0n) is 22.2. The largest absolute Gasteiger partial charge is 0.486 e. The highest BCUT2D eigenvalue weighted by atomic mass is 16.6. The van der Waals surface area contributed by atoms with E-state index in [2.05, 4.69) is 12.1 Å². The monoisotopic (exact) mass is 490 g/mol. The number of likely N-dealkylation sites (tertiary alicyclic amines) is 1. The van der Waals surface area contributed by atoms with Crippen LogP contribution in [0.5, 0.6) is 5.75 Å². The molecule has 1 spiro atoms. The van der Waals surface area contributed by atoms with E-state index in [9.17, 15) is 9.59 Å². The summed E-state index contributed by atoms with van der Waals surface area (Å²) in [5.74, 6) is 0.945. The van der Waals surface area contributed by atoms with Crippen LogP contribution in [-0.4, -0.2) is 59.2 Å². The molecule has 2 aliphatic rings. The van der Waals surface area contributed by atoms with Gasteiger partial charge in [-0.25, -0.2) is 4.79 Å². The molecule has 2 heterocycles. The molecule has 0 N–H and O–H groups in total. The standard InChI is InChI=1S/C30H38N2O4/c1-6-31(7-2)27(33)23-14-12-22(13-15-23)20-24-21-30(35-26-11-9-8-10-25(24)26)16-18-32(19-17-30)28(34)36-29(3,4)5/h8-15,20H,6-7,16-19,21H2,1-5H3/b24-20+. The number of carbonyl (C=O) groups is 2. The van der Waals surface area contributed by atoms with E-state index in [1.165, 1.54) is 5.57 Å². The minimum atomic E-state index is -0.506. The Bertz CT molecular complexity index is 1120. The number of nitrogens with zero attached hydrogens (tertiary/aromatic N) is 2. The summed E-state index contributed by atoms with van der Waals surface area (Å²) in [7, 11) is 0. The van der Waals surface area contributed by atoms with Gasteiger partial charge < -0.3 is 19.3 Å². The molecule has 0 aromatic heterocycles. The van der Waals surface area contributed by atoms with E-state index in [1.54, 1.807) is 4.90 Å². The molecule has 6 nitrogen and oxygen atoms in total. The van der Waals surface area contributed by atoms with Crippen molar-refractivity contribution in [2.75, 3.05) is 26.2 Å². The van der Waals surface area contributed by atoms with Crippen molar-refractivity contribution in [3.63, 3.8) is 0 Å².